The molecule has 3 aliphatic heterocycles. The Morgan fingerprint density at radius 1 is 0.770 bits per heavy atom. The fraction of sp³-hybridized carbons (Fsp3) is 0.483. The zero-order valence-corrected chi connectivity index (χ0v) is 40.2. The molecule has 4 aromatic rings. The Labute approximate surface area is 371 Å². The summed E-state index contributed by atoms with van der Waals surface area (Å²) in [6.07, 6.45) is 20.6. The van der Waals surface area contributed by atoms with E-state index in [1.807, 2.05) is 0 Å². The van der Waals surface area contributed by atoms with Crippen molar-refractivity contribution in [1.29, 1.82) is 0 Å². The van der Waals surface area contributed by atoms with Crippen molar-refractivity contribution < 1.29 is 4.42 Å². The monoisotopic (exact) mass is 828 g/mol. The third kappa shape index (κ3) is 6.81. The van der Waals surface area contributed by atoms with Gasteiger partial charge in [-0.15, -0.1) is 11.8 Å². The summed E-state index contributed by atoms with van der Waals surface area (Å²) in [5.41, 5.74) is 18.7. The average molecular weight is 828 g/mol. The Hall–Kier alpha value is -3.95. The van der Waals surface area contributed by atoms with Gasteiger partial charge in [-0.1, -0.05) is 162 Å². The molecule has 2 nitrogen and oxygen atoms in total. The highest BCUT2D eigenvalue weighted by atomic mass is 32.2. The Balaban J connectivity index is 1.26. The van der Waals surface area contributed by atoms with Crippen LogP contribution in [-0.4, -0.2) is 11.3 Å². The predicted octanol–water partition coefficient (Wildman–Crippen LogP) is 16.1. The van der Waals surface area contributed by atoms with Crippen molar-refractivity contribution in [1.82, 2.24) is 0 Å². The summed E-state index contributed by atoms with van der Waals surface area (Å²) in [5, 5.41) is 2.89. The van der Waals surface area contributed by atoms with Gasteiger partial charge in [0.1, 0.15) is 11.2 Å². The van der Waals surface area contributed by atoms with Crippen molar-refractivity contribution in [2.75, 3.05) is 4.90 Å². The molecule has 2 bridgehead atoms. The number of benzene rings is 3. The van der Waals surface area contributed by atoms with Gasteiger partial charge in [-0.2, -0.15) is 0 Å². The molecule has 0 spiro atoms. The van der Waals surface area contributed by atoms with Crippen molar-refractivity contribution >= 4 is 39.4 Å². The highest BCUT2D eigenvalue weighted by Gasteiger charge is 2.54. The minimum absolute atomic E-state index is 0.00639. The number of furan rings is 1. The van der Waals surface area contributed by atoms with Crippen LogP contribution in [0.2, 0.25) is 0 Å². The molecule has 6 atom stereocenters. The van der Waals surface area contributed by atoms with Crippen molar-refractivity contribution in [3.63, 3.8) is 0 Å². The lowest BCUT2D eigenvalue weighted by atomic mass is 9.68. The summed E-state index contributed by atoms with van der Waals surface area (Å²) in [7, 11) is 0. The van der Waals surface area contributed by atoms with E-state index in [2.05, 4.69) is 192 Å². The summed E-state index contributed by atoms with van der Waals surface area (Å²) < 4.78 is 7.15. The normalized spacial score (nSPS) is 26.6. The third-order valence-electron chi connectivity index (χ3n) is 15.6. The lowest BCUT2D eigenvalue weighted by molar-refractivity contribution is 0.290. The number of para-hydroxylation sites is 1. The van der Waals surface area contributed by atoms with Crippen LogP contribution >= 0.6 is 11.8 Å². The maximum absolute atomic E-state index is 7.15. The van der Waals surface area contributed by atoms with Crippen LogP contribution in [0.1, 0.15) is 143 Å². The van der Waals surface area contributed by atoms with E-state index in [0.29, 0.717) is 29.0 Å². The van der Waals surface area contributed by atoms with Crippen LogP contribution in [0.15, 0.2) is 122 Å². The molecule has 0 saturated carbocycles. The molecular weight excluding hydrogens is 759 g/mol. The highest BCUT2D eigenvalue weighted by molar-refractivity contribution is 8.04. The van der Waals surface area contributed by atoms with E-state index in [9.17, 15) is 0 Å². The first-order chi connectivity index (χ1) is 28.7. The van der Waals surface area contributed by atoms with Gasteiger partial charge >= 0.3 is 0 Å². The Morgan fingerprint density at radius 3 is 2.26 bits per heavy atom. The van der Waals surface area contributed by atoms with E-state index >= 15 is 0 Å². The second kappa shape index (κ2) is 14.0. The molecule has 4 heterocycles. The second-order valence-corrected chi connectivity index (χ2v) is 25.0. The largest absolute Gasteiger partial charge is 0.456 e. The summed E-state index contributed by atoms with van der Waals surface area (Å²) in [6, 6.07) is 19.6. The van der Waals surface area contributed by atoms with Gasteiger partial charge in [-0.3, -0.25) is 0 Å². The van der Waals surface area contributed by atoms with Crippen LogP contribution < -0.4 is 4.90 Å². The Bertz CT molecular complexity index is 2680. The minimum Gasteiger partial charge on any atom is -0.456 e. The molecule has 10 rings (SSSR count). The molecule has 6 unspecified atom stereocenters. The molecule has 1 aromatic heterocycles. The highest BCUT2D eigenvalue weighted by Crippen LogP contribution is 2.61. The number of hydrogen-bond donors (Lipinski definition) is 0. The SMILES string of the molecule is Cc1c2cc(C(C)(C)C)cc1N1C3=C(C=C(C(C)(C)C)CC3CC3=CCC(C(C)(C)C)C=C3C(c3cccc4c3oc3cc(C(C)(C)C)ccc34)C2)C2SC3=CC=CCC3C21. The summed E-state index contributed by atoms with van der Waals surface area (Å²) >= 11 is 2.18. The summed E-state index contributed by atoms with van der Waals surface area (Å²) in [5.74, 6) is 1.50. The number of rotatable bonds is 1. The quantitative estimate of drug-likeness (QED) is 0.190. The zero-order chi connectivity index (χ0) is 43.1. The molecule has 1 fully saturated rings. The number of thioether (sulfide) groups is 1. The van der Waals surface area contributed by atoms with Crippen LogP contribution in [0, 0.1) is 35.5 Å². The number of fused-ring (bicyclic) bond motifs is 12. The molecule has 3 heteroatoms. The molecule has 0 N–H and O–H groups in total. The molecule has 3 aromatic carbocycles. The maximum atomic E-state index is 7.15. The second-order valence-electron chi connectivity index (χ2n) is 23.7. The first kappa shape index (κ1) is 41.1. The molecule has 1 saturated heterocycles. The van der Waals surface area contributed by atoms with E-state index in [1.54, 1.807) is 27.3 Å². The molecule has 0 amide bonds. The smallest absolute Gasteiger partial charge is 0.139 e. The predicted molar refractivity (Wildman–Crippen MR) is 263 cm³/mol. The van der Waals surface area contributed by atoms with Crippen molar-refractivity contribution in [3.05, 3.63) is 146 Å². The lowest BCUT2D eigenvalue weighted by Crippen LogP contribution is -2.40. The Morgan fingerprint density at radius 2 is 1.54 bits per heavy atom. The van der Waals surface area contributed by atoms with Gasteiger partial charge in [0.15, 0.2) is 0 Å². The van der Waals surface area contributed by atoms with Gasteiger partial charge in [-0.05, 0) is 123 Å². The minimum atomic E-state index is -0.00639. The maximum Gasteiger partial charge on any atom is 0.139 e. The number of nitrogens with zero attached hydrogens (tertiary/aromatic N) is 1. The molecular formula is C58H69NOS. The molecule has 61 heavy (non-hydrogen) atoms. The van der Waals surface area contributed by atoms with Gasteiger partial charge in [0, 0.05) is 45.5 Å². The van der Waals surface area contributed by atoms with Gasteiger partial charge < -0.3 is 9.32 Å². The standard InChI is InChI=1S/C58H69NOS/c1-33-35-26-40(58(11,12)13)31-48(33)59-51-36(27-39(57(8,9)10)30-47(51)54-52(59)44-17-14-15-20-50(44)61-54)25-34-21-22-37(55(2,3)4)29-45(34)46(28-35)43-19-16-18-42-41-24-23-38(56(5,6)7)32-49(41)60-53(42)43/h14-16,18-21,23-24,26,29-32,36-37,44,46,52,54H,17,22,25,27-28H2,1-13H3. The number of allylic oxidation sites excluding steroid dienone is 10. The fourth-order valence-electron chi connectivity index (χ4n) is 11.7. The van der Waals surface area contributed by atoms with Gasteiger partial charge in [0.25, 0.3) is 0 Å². The van der Waals surface area contributed by atoms with Crippen molar-refractivity contribution in [3.8, 4) is 0 Å². The topological polar surface area (TPSA) is 16.4 Å². The van der Waals surface area contributed by atoms with Crippen molar-refractivity contribution in [2.45, 2.75) is 150 Å². The Kier molecular flexibility index (Phi) is 9.45. The molecule has 6 aliphatic rings. The van der Waals surface area contributed by atoms with Gasteiger partial charge in [0.2, 0.25) is 0 Å². The van der Waals surface area contributed by atoms with E-state index in [0.717, 1.165) is 43.3 Å². The van der Waals surface area contributed by atoms with Crippen LogP contribution in [0.4, 0.5) is 5.69 Å². The zero-order valence-electron chi connectivity index (χ0n) is 39.3. The van der Waals surface area contributed by atoms with Gasteiger partial charge in [-0.25, -0.2) is 0 Å². The van der Waals surface area contributed by atoms with Crippen LogP contribution in [-0.2, 0) is 17.3 Å². The van der Waals surface area contributed by atoms with E-state index in [4.69, 9.17) is 4.42 Å². The summed E-state index contributed by atoms with van der Waals surface area (Å²) in [4.78, 5) is 4.54. The first-order valence-electron chi connectivity index (χ1n) is 23.5. The fourth-order valence-corrected chi connectivity index (χ4v) is 13.3. The molecule has 3 aliphatic carbocycles. The van der Waals surface area contributed by atoms with Crippen LogP contribution in [0.25, 0.3) is 21.9 Å². The van der Waals surface area contributed by atoms with E-state index in [1.165, 1.54) is 49.9 Å². The first-order valence-corrected chi connectivity index (χ1v) is 24.3. The van der Waals surface area contributed by atoms with Crippen LogP contribution in [0.3, 0.4) is 0 Å². The summed E-state index contributed by atoms with van der Waals surface area (Å²) in [6.45, 7) is 31.3. The van der Waals surface area contributed by atoms with E-state index in [-0.39, 0.29) is 27.6 Å². The third-order valence-corrected chi connectivity index (χ3v) is 17.1. The molecule has 0 radical (unpaired) electrons. The number of hydrogen-bond acceptors (Lipinski definition) is 3. The average Bonchev–Trinajstić information content (AvgIpc) is 3.85. The lowest BCUT2D eigenvalue weighted by Gasteiger charge is -2.41. The van der Waals surface area contributed by atoms with Crippen molar-refractivity contribution in [2.24, 2.45) is 28.6 Å². The van der Waals surface area contributed by atoms with Crippen LogP contribution in [0.5, 0.6) is 0 Å². The molecule has 318 valence electrons. The van der Waals surface area contributed by atoms with E-state index < -0.39 is 0 Å². The number of anilines is 1. The van der Waals surface area contributed by atoms with Gasteiger partial charge in [0.05, 0.1) is 11.3 Å².